The Labute approximate surface area is 86.2 Å². The Morgan fingerprint density at radius 3 is 2.80 bits per heavy atom. The largest absolute Gasteiger partial charge is 0.459 e. The molecule has 88 valence electrons. The molecule has 1 aliphatic rings. The quantitative estimate of drug-likeness (QED) is 0.446. The fourth-order valence-electron chi connectivity index (χ4n) is 0.966. The highest BCUT2D eigenvalue weighted by Crippen LogP contribution is 2.12. The fraction of sp³-hybridized carbons (Fsp3) is 0.875. The molecule has 1 aliphatic heterocycles. The van der Waals surface area contributed by atoms with Crippen LogP contribution in [0.1, 0.15) is 0 Å². The zero-order valence-corrected chi connectivity index (χ0v) is 8.04. The molecule has 0 bridgehead atoms. The molecule has 1 saturated heterocycles. The highest BCUT2D eigenvalue weighted by Gasteiger charge is 2.32. The predicted octanol–water partition coefficient (Wildman–Crippen LogP) is -2.38. The summed E-state index contributed by atoms with van der Waals surface area (Å²) in [5, 5.41) is 26.0. The fourth-order valence-corrected chi connectivity index (χ4v) is 0.966. The maximum absolute atomic E-state index is 11.2. The van der Waals surface area contributed by atoms with E-state index in [0.717, 1.165) is 0 Å². The lowest BCUT2D eigenvalue weighted by Crippen LogP contribution is -2.30. The lowest BCUT2D eigenvalue weighted by atomic mass is 10.4. The Bertz CT molecular complexity index is 207. The molecule has 15 heavy (non-hydrogen) atoms. The van der Waals surface area contributed by atoms with Gasteiger partial charge >= 0.3 is 5.97 Å². The monoisotopic (exact) mass is 222 g/mol. The number of carbonyl (C=O) groups excluding carboxylic acids is 1. The first kappa shape index (κ1) is 12.3. The van der Waals surface area contributed by atoms with Crippen LogP contribution in [-0.2, 0) is 19.0 Å². The van der Waals surface area contributed by atoms with Gasteiger partial charge in [0.25, 0.3) is 6.29 Å². The van der Waals surface area contributed by atoms with Crippen molar-refractivity contribution in [3.63, 3.8) is 0 Å². The molecule has 0 saturated carbocycles. The minimum atomic E-state index is -1.16. The van der Waals surface area contributed by atoms with Crippen LogP contribution in [0.4, 0.5) is 0 Å². The van der Waals surface area contributed by atoms with E-state index in [-0.39, 0.29) is 19.8 Å². The van der Waals surface area contributed by atoms with Gasteiger partial charge in [0, 0.05) is 0 Å². The number of aliphatic hydroxyl groups excluding tert-OH is 3. The third-order valence-electron chi connectivity index (χ3n) is 1.77. The van der Waals surface area contributed by atoms with Crippen molar-refractivity contribution in [1.82, 2.24) is 0 Å². The Balaban J connectivity index is 2.23. The van der Waals surface area contributed by atoms with Crippen LogP contribution in [0.3, 0.4) is 0 Å². The topological polar surface area (TPSA) is 105 Å². The lowest BCUT2D eigenvalue weighted by molar-refractivity contribution is -0.178. The second-order valence-electron chi connectivity index (χ2n) is 3.07. The summed E-state index contributed by atoms with van der Waals surface area (Å²) in [6.07, 6.45) is -2.79. The van der Waals surface area contributed by atoms with Crippen LogP contribution < -0.4 is 0 Å². The average molecular weight is 222 g/mol. The van der Waals surface area contributed by atoms with E-state index in [1.54, 1.807) is 0 Å². The maximum Gasteiger partial charge on any atom is 0.363 e. The molecule has 3 unspecified atom stereocenters. The van der Waals surface area contributed by atoms with Crippen molar-refractivity contribution in [2.75, 3.05) is 26.4 Å². The van der Waals surface area contributed by atoms with Gasteiger partial charge in [-0.1, -0.05) is 0 Å². The van der Waals surface area contributed by atoms with Crippen molar-refractivity contribution in [2.45, 2.75) is 18.5 Å². The standard InChI is InChI=1S/C8H14O7/c9-1-5(11)3-13-7(12)8-14-4-6(2-10)15-8/h5-6,8-11H,1-4H2. The van der Waals surface area contributed by atoms with Crippen molar-refractivity contribution >= 4 is 5.97 Å². The van der Waals surface area contributed by atoms with Gasteiger partial charge in [-0.3, -0.25) is 0 Å². The Kier molecular flexibility index (Phi) is 4.92. The normalized spacial score (nSPS) is 27.7. The van der Waals surface area contributed by atoms with Gasteiger partial charge in [0.15, 0.2) is 0 Å². The molecule has 1 rings (SSSR count). The molecule has 1 heterocycles. The summed E-state index contributed by atoms with van der Waals surface area (Å²) in [4.78, 5) is 11.2. The third kappa shape index (κ3) is 3.73. The number of rotatable bonds is 5. The van der Waals surface area contributed by atoms with E-state index >= 15 is 0 Å². The lowest BCUT2D eigenvalue weighted by Gasteiger charge is -2.12. The molecule has 3 atom stereocenters. The highest BCUT2D eigenvalue weighted by atomic mass is 16.8. The molecule has 0 aromatic carbocycles. The van der Waals surface area contributed by atoms with Crippen molar-refractivity contribution in [2.24, 2.45) is 0 Å². The van der Waals surface area contributed by atoms with Crippen LogP contribution in [0.2, 0.25) is 0 Å². The minimum absolute atomic E-state index is 0.124. The van der Waals surface area contributed by atoms with Crippen LogP contribution in [0, 0.1) is 0 Å². The summed E-state index contributed by atoms with van der Waals surface area (Å²) in [5.41, 5.74) is 0. The second kappa shape index (κ2) is 5.99. The molecule has 7 heteroatoms. The van der Waals surface area contributed by atoms with Crippen LogP contribution in [-0.4, -0.2) is 66.2 Å². The van der Waals surface area contributed by atoms with Gasteiger partial charge in [-0.15, -0.1) is 0 Å². The predicted molar refractivity (Wildman–Crippen MR) is 45.8 cm³/mol. The van der Waals surface area contributed by atoms with Crippen LogP contribution in [0.15, 0.2) is 0 Å². The first-order chi connectivity index (χ1) is 7.17. The molecular formula is C8H14O7. The van der Waals surface area contributed by atoms with E-state index in [9.17, 15) is 4.79 Å². The van der Waals surface area contributed by atoms with Gasteiger partial charge in [0.05, 0.1) is 19.8 Å². The van der Waals surface area contributed by atoms with Gasteiger partial charge in [-0.05, 0) is 0 Å². The Morgan fingerprint density at radius 2 is 2.27 bits per heavy atom. The van der Waals surface area contributed by atoms with Crippen LogP contribution in [0.5, 0.6) is 0 Å². The summed E-state index contributed by atoms with van der Waals surface area (Å²) in [6.45, 7) is -0.914. The molecule has 0 aliphatic carbocycles. The molecule has 0 spiro atoms. The zero-order valence-electron chi connectivity index (χ0n) is 8.04. The van der Waals surface area contributed by atoms with E-state index in [1.165, 1.54) is 0 Å². The Hall–Kier alpha value is -0.730. The van der Waals surface area contributed by atoms with E-state index in [1.807, 2.05) is 0 Å². The minimum Gasteiger partial charge on any atom is -0.459 e. The van der Waals surface area contributed by atoms with Crippen molar-refractivity contribution < 1.29 is 34.3 Å². The summed E-state index contributed by atoms with van der Waals surface area (Å²) in [7, 11) is 0. The molecule has 0 aromatic rings. The van der Waals surface area contributed by atoms with Gasteiger partial charge < -0.3 is 29.5 Å². The van der Waals surface area contributed by atoms with E-state index in [0.29, 0.717) is 0 Å². The molecular weight excluding hydrogens is 208 g/mol. The Morgan fingerprint density at radius 1 is 1.53 bits per heavy atom. The first-order valence-corrected chi connectivity index (χ1v) is 4.51. The molecule has 3 N–H and O–H groups in total. The average Bonchev–Trinajstić information content (AvgIpc) is 2.73. The summed E-state index contributed by atoms with van der Waals surface area (Å²) >= 11 is 0. The number of carbonyl (C=O) groups is 1. The second-order valence-corrected chi connectivity index (χ2v) is 3.07. The first-order valence-electron chi connectivity index (χ1n) is 4.51. The van der Waals surface area contributed by atoms with Crippen molar-refractivity contribution in [3.8, 4) is 0 Å². The van der Waals surface area contributed by atoms with Crippen LogP contribution >= 0.6 is 0 Å². The molecule has 1 fully saturated rings. The van der Waals surface area contributed by atoms with Crippen molar-refractivity contribution in [1.29, 1.82) is 0 Å². The number of hydrogen-bond acceptors (Lipinski definition) is 7. The van der Waals surface area contributed by atoms with E-state index in [2.05, 4.69) is 4.74 Å². The summed E-state index contributed by atoms with van der Waals surface area (Å²) in [6, 6.07) is 0. The van der Waals surface area contributed by atoms with Gasteiger partial charge in [-0.2, -0.15) is 0 Å². The zero-order chi connectivity index (χ0) is 11.3. The van der Waals surface area contributed by atoms with E-state index < -0.39 is 31.1 Å². The van der Waals surface area contributed by atoms with Gasteiger partial charge in [0.2, 0.25) is 0 Å². The van der Waals surface area contributed by atoms with Crippen molar-refractivity contribution in [3.05, 3.63) is 0 Å². The van der Waals surface area contributed by atoms with Crippen LogP contribution in [0.25, 0.3) is 0 Å². The van der Waals surface area contributed by atoms with E-state index in [4.69, 9.17) is 24.8 Å². The third-order valence-corrected chi connectivity index (χ3v) is 1.77. The number of esters is 1. The molecule has 0 amide bonds. The number of hydrogen-bond donors (Lipinski definition) is 3. The molecule has 0 radical (unpaired) electrons. The number of ether oxygens (including phenoxy) is 3. The SMILES string of the molecule is O=C(OCC(O)CO)C1OCC(CO)O1. The summed E-state index contributed by atoms with van der Waals surface area (Å²) in [5.74, 6) is -0.779. The maximum atomic E-state index is 11.2. The number of aliphatic hydroxyl groups is 3. The highest BCUT2D eigenvalue weighted by molar-refractivity contribution is 5.73. The smallest absolute Gasteiger partial charge is 0.363 e. The molecule has 0 aromatic heterocycles. The van der Waals surface area contributed by atoms with Gasteiger partial charge in [0.1, 0.15) is 18.8 Å². The summed E-state index contributed by atoms with van der Waals surface area (Å²) < 4.78 is 14.4. The molecule has 7 nitrogen and oxygen atoms in total. The van der Waals surface area contributed by atoms with Gasteiger partial charge in [-0.25, -0.2) is 4.79 Å².